The molecule has 0 bridgehead atoms. The first-order chi connectivity index (χ1) is 7.65. The summed E-state index contributed by atoms with van der Waals surface area (Å²) in [5, 5.41) is 12.1. The largest absolute Gasteiger partial charge is 0.477 e. The molecule has 0 unspecified atom stereocenters. The maximum Gasteiger partial charge on any atom is 0.354 e. The number of rotatable bonds is 4. The Morgan fingerprint density at radius 1 is 1.75 bits per heavy atom. The molecule has 1 heterocycles. The lowest BCUT2D eigenvalue weighted by molar-refractivity contribution is 0.0689. The molecule has 1 N–H and O–H groups in total. The first-order valence-corrected chi connectivity index (χ1v) is 4.52. The molecule has 0 aliphatic rings. The summed E-state index contributed by atoms with van der Waals surface area (Å²) < 4.78 is 0. The van der Waals surface area contributed by atoms with Gasteiger partial charge in [0.05, 0.1) is 0 Å². The molecule has 0 amide bonds. The molecular formula is C10H10N4O2. The topological polar surface area (TPSA) is 99.0 Å². The SMILES string of the molecule is Cc1cc(C=CCN=[N+]=[N-])cnc1C(=O)O. The van der Waals surface area contributed by atoms with Crippen LogP contribution in [-0.2, 0) is 0 Å². The second-order valence-electron chi connectivity index (χ2n) is 3.06. The van der Waals surface area contributed by atoms with E-state index in [9.17, 15) is 4.79 Å². The molecule has 1 rings (SSSR count). The van der Waals surface area contributed by atoms with Crippen molar-refractivity contribution >= 4 is 12.0 Å². The number of aromatic carboxylic acids is 1. The maximum atomic E-state index is 10.7. The van der Waals surface area contributed by atoms with Gasteiger partial charge in [-0.25, -0.2) is 9.78 Å². The summed E-state index contributed by atoms with van der Waals surface area (Å²) in [7, 11) is 0. The minimum absolute atomic E-state index is 0.0483. The van der Waals surface area contributed by atoms with Crippen molar-refractivity contribution in [3.05, 3.63) is 45.6 Å². The number of nitrogens with zero attached hydrogens (tertiary/aromatic N) is 4. The lowest BCUT2D eigenvalue weighted by Crippen LogP contribution is -2.03. The number of hydrogen-bond acceptors (Lipinski definition) is 3. The number of pyridine rings is 1. The summed E-state index contributed by atoms with van der Waals surface area (Å²) in [4.78, 5) is 17.1. The lowest BCUT2D eigenvalue weighted by Gasteiger charge is -2.00. The third kappa shape index (κ3) is 3.11. The van der Waals surface area contributed by atoms with E-state index in [1.807, 2.05) is 0 Å². The van der Waals surface area contributed by atoms with Gasteiger partial charge in [-0.15, -0.1) is 0 Å². The van der Waals surface area contributed by atoms with Crippen molar-refractivity contribution in [2.24, 2.45) is 5.11 Å². The van der Waals surface area contributed by atoms with E-state index in [0.29, 0.717) is 5.56 Å². The first-order valence-electron chi connectivity index (χ1n) is 4.52. The zero-order valence-electron chi connectivity index (χ0n) is 8.66. The Bertz CT molecular complexity index is 476. The van der Waals surface area contributed by atoms with Crippen molar-refractivity contribution in [2.45, 2.75) is 6.92 Å². The van der Waals surface area contributed by atoms with Crippen molar-refractivity contribution in [1.82, 2.24) is 4.98 Å². The lowest BCUT2D eigenvalue weighted by atomic mass is 10.1. The summed E-state index contributed by atoms with van der Waals surface area (Å²) in [5.41, 5.74) is 9.47. The van der Waals surface area contributed by atoms with Crippen LogP contribution in [0.1, 0.15) is 21.6 Å². The van der Waals surface area contributed by atoms with E-state index in [4.69, 9.17) is 10.6 Å². The first kappa shape index (κ1) is 11.7. The van der Waals surface area contributed by atoms with Crippen LogP contribution in [0.3, 0.4) is 0 Å². The summed E-state index contributed by atoms with van der Waals surface area (Å²) in [5.74, 6) is -1.04. The molecule has 82 valence electrons. The van der Waals surface area contributed by atoms with Crippen LogP contribution in [0, 0.1) is 6.92 Å². The Kier molecular flexibility index (Phi) is 4.06. The molecule has 0 saturated carbocycles. The van der Waals surface area contributed by atoms with Crippen molar-refractivity contribution in [3.63, 3.8) is 0 Å². The Morgan fingerprint density at radius 2 is 2.50 bits per heavy atom. The highest BCUT2D eigenvalue weighted by Gasteiger charge is 2.07. The fraction of sp³-hybridized carbons (Fsp3) is 0.200. The molecule has 0 aliphatic heterocycles. The van der Waals surface area contributed by atoms with Crippen LogP contribution in [-0.4, -0.2) is 22.6 Å². The smallest absolute Gasteiger partial charge is 0.354 e. The summed E-state index contributed by atoms with van der Waals surface area (Å²) >= 11 is 0. The van der Waals surface area contributed by atoms with Gasteiger partial charge in [0, 0.05) is 17.7 Å². The molecule has 0 aliphatic carbocycles. The second-order valence-corrected chi connectivity index (χ2v) is 3.06. The third-order valence-corrected chi connectivity index (χ3v) is 1.86. The quantitative estimate of drug-likeness (QED) is 0.477. The van der Waals surface area contributed by atoms with Crippen LogP contribution in [0.15, 0.2) is 23.5 Å². The van der Waals surface area contributed by atoms with E-state index >= 15 is 0 Å². The number of carboxylic acid groups (broad SMARTS) is 1. The number of carbonyl (C=O) groups is 1. The number of aryl methyl sites for hydroxylation is 1. The predicted molar refractivity (Wildman–Crippen MR) is 59.0 cm³/mol. The van der Waals surface area contributed by atoms with E-state index in [0.717, 1.165) is 5.56 Å². The van der Waals surface area contributed by atoms with Gasteiger partial charge in [-0.3, -0.25) is 0 Å². The van der Waals surface area contributed by atoms with E-state index < -0.39 is 5.97 Å². The molecule has 0 fully saturated rings. The van der Waals surface area contributed by atoms with Gasteiger partial charge < -0.3 is 5.11 Å². The number of carboxylic acids is 1. The molecule has 0 spiro atoms. The molecule has 1 aromatic rings. The zero-order valence-corrected chi connectivity index (χ0v) is 8.66. The molecule has 16 heavy (non-hydrogen) atoms. The Hall–Kier alpha value is -2.33. The summed E-state index contributed by atoms with van der Waals surface area (Å²) in [6, 6.07) is 1.71. The fourth-order valence-corrected chi connectivity index (χ4v) is 1.18. The van der Waals surface area contributed by atoms with Crippen LogP contribution in [0.5, 0.6) is 0 Å². The monoisotopic (exact) mass is 218 g/mol. The molecular weight excluding hydrogens is 208 g/mol. The Labute approximate surface area is 91.9 Å². The number of aromatic nitrogens is 1. The van der Waals surface area contributed by atoms with E-state index in [1.165, 1.54) is 6.20 Å². The van der Waals surface area contributed by atoms with Crippen LogP contribution in [0.4, 0.5) is 0 Å². The highest BCUT2D eigenvalue weighted by atomic mass is 16.4. The molecule has 0 aromatic carbocycles. The van der Waals surface area contributed by atoms with Crippen molar-refractivity contribution in [2.75, 3.05) is 6.54 Å². The summed E-state index contributed by atoms with van der Waals surface area (Å²) in [6.45, 7) is 1.94. The molecule has 6 heteroatoms. The maximum absolute atomic E-state index is 10.7. The minimum atomic E-state index is -1.04. The van der Waals surface area contributed by atoms with Gasteiger partial charge in [0.15, 0.2) is 5.69 Å². The van der Waals surface area contributed by atoms with Crippen molar-refractivity contribution in [3.8, 4) is 0 Å². The van der Waals surface area contributed by atoms with Gasteiger partial charge in [-0.05, 0) is 29.6 Å². The van der Waals surface area contributed by atoms with Crippen LogP contribution in [0.2, 0.25) is 0 Å². The molecule has 6 nitrogen and oxygen atoms in total. The van der Waals surface area contributed by atoms with Gasteiger partial charge in [0.1, 0.15) is 0 Å². The second kappa shape index (κ2) is 5.53. The highest BCUT2D eigenvalue weighted by molar-refractivity contribution is 5.87. The molecule has 0 saturated heterocycles. The minimum Gasteiger partial charge on any atom is -0.477 e. The number of hydrogen-bond donors (Lipinski definition) is 1. The van der Waals surface area contributed by atoms with Gasteiger partial charge in [0.2, 0.25) is 0 Å². The average molecular weight is 218 g/mol. The predicted octanol–water partition coefficient (Wildman–Crippen LogP) is 2.41. The fourth-order valence-electron chi connectivity index (χ4n) is 1.18. The van der Waals surface area contributed by atoms with Crippen LogP contribution >= 0.6 is 0 Å². The van der Waals surface area contributed by atoms with Crippen LogP contribution < -0.4 is 0 Å². The average Bonchev–Trinajstić information content (AvgIpc) is 2.24. The van der Waals surface area contributed by atoms with Gasteiger partial charge in [-0.1, -0.05) is 17.3 Å². The molecule has 1 aromatic heterocycles. The third-order valence-electron chi connectivity index (χ3n) is 1.86. The van der Waals surface area contributed by atoms with Crippen molar-refractivity contribution in [1.29, 1.82) is 0 Å². The van der Waals surface area contributed by atoms with E-state index in [2.05, 4.69) is 15.0 Å². The van der Waals surface area contributed by atoms with Gasteiger partial charge in [-0.2, -0.15) is 0 Å². The Balaban J connectivity index is 2.85. The highest BCUT2D eigenvalue weighted by Crippen LogP contribution is 2.09. The van der Waals surface area contributed by atoms with E-state index in [1.54, 1.807) is 25.1 Å². The van der Waals surface area contributed by atoms with E-state index in [-0.39, 0.29) is 12.2 Å². The van der Waals surface area contributed by atoms with Gasteiger partial charge in [0.25, 0.3) is 0 Å². The van der Waals surface area contributed by atoms with Crippen molar-refractivity contribution < 1.29 is 9.90 Å². The zero-order chi connectivity index (χ0) is 12.0. The normalized spacial score (nSPS) is 10.1. The summed E-state index contributed by atoms with van der Waals surface area (Å²) in [6.07, 6.45) is 4.86. The van der Waals surface area contributed by atoms with Gasteiger partial charge >= 0.3 is 5.97 Å². The standard InChI is InChI=1S/C10H10N4O2/c1-7-5-8(3-2-4-13-14-11)6-12-9(7)10(15)16/h2-3,5-6H,4H2,1H3,(H,15,16). The van der Waals surface area contributed by atoms with Crippen LogP contribution in [0.25, 0.3) is 16.5 Å². The molecule has 0 radical (unpaired) electrons. The molecule has 0 atom stereocenters. The Morgan fingerprint density at radius 3 is 3.06 bits per heavy atom. The number of azide groups is 1.